The van der Waals surface area contributed by atoms with Gasteiger partial charge in [0.2, 0.25) is 0 Å². The van der Waals surface area contributed by atoms with Gasteiger partial charge in [0.1, 0.15) is 0 Å². The molecule has 0 heterocycles. The number of aliphatic carboxylic acids is 1. The summed E-state index contributed by atoms with van der Waals surface area (Å²) in [7, 11) is 0. The first kappa shape index (κ1) is 14.1. The molecule has 2 aliphatic rings. The maximum absolute atomic E-state index is 11.8. The van der Waals surface area contributed by atoms with Crippen molar-refractivity contribution in [1.82, 2.24) is 0 Å². The third-order valence-corrected chi connectivity index (χ3v) is 6.22. The van der Waals surface area contributed by atoms with Crippen molar-refractivity contribution in [3.8, 4) is 0 Å². The number of rotatable bonds is 3. The number of para-hydroxylation sites is 1. The normalized spacial score (nSPS) is 35.1. The van der Waals surface area contributed by atoms with Crippen molar-refractivity contribution >= 4 is 17.4 Å². The summed E-state index contributed by atoms with van der Waals surface area (Å²) < 4.78 is 0. The lowest BCUT2D eigenvalue weighted by atomic mass is 9.65. The Hall–Kier alpha value is -1.84. The number of nitrogens with one attached hydrogen (secondary N) is 1. The average Bonchev–Trinajstić information content (AvgIpc) is 2.76. The third kappa shape index (κ3) is 1.68. The molecule has 4 heteroatoms. The van der Waals surface area contributed by atoms with Crippen LogP contribution in [0.25, 0.3) is 0 Å². The Morgan fingerprint density at radius 3 is 2.43 bits per heavy atom. The maximum Gasteiger partial charge on any atom is 0.0561 e. The summed E-state index contributed by atoms with van der Waals surface area (Å²) >= 11 is 0. The average molecular weight is 285 g/mol. The Morgan fingerprint density at radius 2 is 1.86 bits per heavy atom. The van der Waals surface area contributed by atoms with E-state index in [1.165, 1.54) is 0 Å². The van der Waals surface area contributed by atoms with Crippen LogP contribution in [-0.4, -0.2) is 11.7 Å². The highest BCUT2D eigenvalue weighted by Crippen LogP contribution is 2.70. The van der Waals surface area contributed by atoms with Crippen LogP contribution in [0.1, 0.15) is 40.0 Å². The van der Waals surface area contributed by atoms with Gasteiger partial charge in [0.05, 0.1) is 5.69 Å². The standard InChI is InChI=1S/C17H22N2O2/c1-15(2)16(3)9-10-17(15,14(20)21)11-13(16)19-18-12-7-5-4-6-8-12/h4-8,18H,9-11H2,1-3H3,(H,20,21)/p-1. The van der Waals surface area contributed by atoms with Crippen molar-refractivity contribution in [3.63, 3.8) is 0 Å². The smallest absolute Gasteiger partial charge is 0.0561 e. The SMILES string of the molecule is CC12CCC(C(=O)[O-])(CC1=NNc1ccccc1)C2(C)C. The lowest BCUT2D eigenvalue weighted by Crippen LogP contribution is -2.47. The van der Waals surface area contributed by atoms with Crippen molar-refractivity contribution in [3.05, 3.63) is 30.3 Å². The van der Waals surface area contributed by atoms with Crippen LogP contribution in [0.5, 0.6) is 0 Å². The largest absolute Gasteiger partial charge is 0.550 e. The maximum atomic E-state index is 11.8. The number of benzene rings is 1. The zero-order valence-corrected chi connectivity index (χ0v) is 12.8. The lowest BCUT2D eigenvalue weighted by molar-refractivity contribution is -0.323. The second-order valence-electron chi connectivity index (χ2n) is 7.04. The van der Waals surface area contributed by atoms with E-state index in [4.69, 9.17) is 0 Å². The Kier molecular flexibility index (Phi) is 2.91. The Balaban J connectivity index is 1.94. The summed E-state index contributed by atoms with van der Waals surface area (Å²) in [6, 6.07) is 9.72. The van der Waals surface area contributed by atoms with E-state index in [0.717, 1.165) is 17.8 Å². The summed E-state index contributed by atoms with van der Waals surface area (Å²) in [4.78, 5) is 11.8. The quantitative estimate of drug-likeness (QED) is 0.867. The minimum Gasteiger partial charge on any atom is -0.550 e. The molecule has 0 aromatic heterocycles. The molecule has 21 heavy (non-hydrogen) atoms. The third-order valence-electron chi connectivity index (χ3n) is 6.22. The van der Waals surface area contributed by atoms with Crippen LogP contribution in [0, 0.1) is 16.2 Å². The van der Waals surface area contributed by atoms with E-state index >= 15 is 0 Å². The van der Waals surface area contributed by atoms with Crippen molar-refractivity contribution in [2.45, 2.75) is 40.0 Å². The lowest BCUT2D eigenvalue weighted by Gasteiger charge is -2.41. The molecule has 3 rings (SSSR count). The number of hydrogen-bond donors (Lipinski definition) is 1. The molecule has 0 amide bonds. The summed E-state index contributed by atoms with van der Waals surface area (Å²) in [5.41, 5.74) is 3.63. The molecule has 2 fully saturated rings. The van der Waals surface area contributed by atoms with E-state index in [0.29, 0.717) is 12.8 Å². The molecule has 4 nitrogen and oxygen atoms in total. The second-order valence-corrected chi connectivity index (χ2v) is 7.04. The molecule has 2 saturated carbocycles. The number of hydrogen-bond acceptors (Lipinski definition) is 4. The number of nitrogens with zero attached hydrogens (tertiary/aromatic N) is 1. The molecule has 2 bridgehead atoms. The van der Waals surface area contributed by atoms with Crippen LogP contribution < -0.4 is 10.5 Å². The van der Waals surface area contributed by atoms with Crippen LogP contribution in [0.3, 0.4) is 0 Å². The zero-order chi connectivity index (χ0) is 15.3. The Bertz CT molecular complexity index is 608. The Labute approximate surface area is 125 Å². The molecule has 2 aliphatic carbocycles. The molecular weight excluding hydrogens is 264 g/mol. The minimum absolute atomic E-state index is 0.186. The molecule has 0 radical (unpaired) electrons. The predicted octanol–water partition coefficient (Wildman–Crippen LogP) is 2.42. The van der Waals surface area contributed by atoms with Crippen molar-refractivity contribution < 1.29 is 9.90 Å². The first-order valence-electron chi connectivity index (χ1n) is 7.43. The number of anilines is 1. The van der Waals surface area contributed by atoms with E-state index in [2.05, 4.69) is 17.5 Å². The molecule has 2 atom stereocenters. The van der Waals surface area contributed by atoms with Gasteiger partial charge in [0.25, 0.3) is 0 Å². The number of carbonyl (C=O) groups excluding carboxylic acids is 1. The highest BCUT2D eigenvalue weighted by Gasteiger charge is 2.69. The van der Waals surface area contributed by atoms with E-state index in [1.54, 1.807) is 0 Å². The fourth-order valence-corrected chi connectivity index (χ4v) is 4.15. The fraction of sp³-hybridized carbons (Fsp3) is 0.529. The van der Waals surface area contributed by atoms with Crippen LogP contribution in [0.4, 0.5) is 5.69 Å². The molecular formula is C17H21N2O2-. The van der Waals surface area contributed by atoms with Gasteiger partial charge in [-0.2, -0.15) is 5.10 Å². The van der Waals surface area contributed by atoms with Crippen molar-refractivity contribution in [2.24, 2.45) is 21.3 Å². The van der Waals surface area contributed by atoms with E-state index in [9.17, 15) is 9.90 Å². The number of carboxylic acids is 1. The first-order valence-corrected chi connectivity index (χ1v) is 7.43. The van der Waals surface area contributed by atoms with Gasteiger partial charge in [-0.1, -0.05) is 39.0 Å². The van der Waals surface area contributed by atoms with Gasteiger partial charge < -0.3 is 9.90 Å². The molecule has 112 valence electrons. The van der Waals surface area contributed by atoms with Gasteiger partial charge in [-0.25, -0.2) is 0 Å². The highest BCUT2D eigenvalue weighted by atomic mass is 16.4. The minimum atomic E-state index is -0.930. The van der Waals surface area contributed by atoms with Gasteiger partial charge in [-0.15, -0.1) is 0 Å². The van der Waals surface area contributed by atoms with Crippen LogP contribution >= 0.6 is 0 Å². The molecule has 0 aliphatic heterocycles. The van der Waals surface area contributed by atoms with Crippen molar-refractivity contribution in [2.75, 3.05) is 5.43 Å². The molecule has 1 aromatic carbocycles. The summed E-state index contributed by atoms with van der Waals surface area (Å²) in [6.07, 6.45) is 2.02. The predicted molar refractivity (Wildman–Crippen MR) is 80.7 cm³/mol. The number of carbonyl (C=O) groups is 1. The topological polar surface area (TPSA) is 64.5 Å². The molecule has 0 saturated heterocycles. The second kappa shape index (κ2) is 4.33. The fourth-order valence-electron chi connectivity index (χ4n) is 4.15. The molecule has 1 N–H and O–H groups in total. The molecule has 2 unspecified atom stereocenters. The summed E-state index contributed by atoms with van der Waals surface area (Å²) in [6.45, 7) is 6.22. The summed E-state index contributed by atoms with van der Waals surface area (Å²) in [5, 5.41) is 16.3. The van der Waals surface area contributed by atoms with E-state index in [1.807, 2.05) is 44.2 Å². The van der Waals surface area contributed by atoms with Crippen LogP contribution in [0.15, 0.2) is 35.4 Å². The van der Waals surface area contributed by atoms with Gasteiger partial charge in [-0.3, -0.25) is 5.43 Å². The molecule has 0 spiro atoms. The first-order chi connectivity index (χ1) is 9.83. The van der Waals surface area contributed by atoms with Gasteiger partial charge in [0, 0.05) is 22.5 Å². The van der Waals surface area contributed by atoms with Crippen LogP contribution in [-0.2, 0) is 4.79 Å². The zero-order valence-electron chi connectivity index (χ0n) is 12.8. The number of hydrazone groups is 1. The highest BCUT2D eigenvalue weighted by molar-refractivity contribution is 6.00. The number of fused-ring (bicyclic) bond motifs is 2. The number of carboxylic acid groups (broad SMARTS) is 1. The van der Waals surface area contributed by atoms with E-state index < -0.39 is 11.4 Å². The van der Waals surface area contributed by atoms with Gasteiger partial charge >= 0.3 is 0 Å². The Morgan fingerprint density at radius 1 is 1.19 bits per heavy atom. The van der Waals surface area contributed by atoms with Crippen LogP contribution in [0.2, 0.25) is 0 Å². The van der Waals surface area contributed by atoms with E-state index in [-0.39, 0.29) is 10.8 Å². The monoisotopic (exact) mass is 285 g/mol. The van der Waals surface area contributed by atoms with Gasteiger partial charge in [0.15, 0.2) is 0 Å². The van der Waals surface area contributed by atoms with Crippen molar-refractivity contribution in [1.29, 1.82) is 0 Å². The summed E-state index contributed by atoms with van der Waals surface area (Å²) in [5.74, 6) is -0.930. The molecule has 1 aromatic rings. The van der Waals surface area contributed by atoms with Gasteiger partial charge in [-0.05, 0) is 36.8 Å².